The minimum atomic E-state index is -0.414. The molecule has 0 amide bonds. The van der Waals surface area contributed by atoms with Crippen LogP contribution in [0.2, 0.25) is 0 Å². The van der Waals surface area contributed by atoms with E-state index in [-0.39, 0.29) is 11.6 Å². The number of aryl methyl sites for hydroxylation is 1. The number of anilines is 1. The molecule has 0 spiro atoms. The van der Waals surface area contributed by atoms with Crippen molar-refractivity contribution >= 4 is 5.82 Å². The van der Waals surface area contributed by atoms with Crippen molar-refractivity contribution in [3.8, 4) is 0 Å². The Morgan fingerprint density at radius 3 is 2.68 bits per heavy atom. The SMILES string of the molecule is CC1CCCN(c2nn(C)c(=O)n(C)c2=O)C1CN. The first-order valence-corrected chi connectivity index (χ1v) is 6.58. The van der Waals surface area contributed by atoms with Crippen LogP contribution in [-0.4, -0.2) is 33.5 Å². The maximum atomic E-state index is 12.2. The van der Waals surface area contributed by atoms with E-state index in [1.54, 1.807) is 7.05 Å². The largest absolute Gasteiger partial charge is 0.346 e. The Labute approximate surface area is 111 Å². The van der Waals surface area contributed by atoms with Crippen LogP contribution in [0.15, 0.2) is 9.59 Å². The summed E-state index contributed by atoms with van der Waals surface area (Å²) < 4.78 is 2.29. The fraction of sp³-hybridized carbons (Fsp3) is 0.750. The first-order valence-electron chi connectivity index (χ1n) is 6.58. The van der Waals surface area contributed by atoms with Crippen LogP contribution in [0.25, 0.3) is 0 Å². The highest BCUT2D eigenvalue weighted by Gasteiger charge is 2.30. The van der Waals surface area contributed by atoms with E-state index in [9.17, 15) is 9.59 Å². The van der Waals surface area contributed by atoms with E-state index in [2.05, 4.69) is 12.0 Å². The predicted molar refractivity (Wildman–Crippen MR) is 73.3 cm³/mol. The lowest BCUT2D eigenvalue weighted by Gasteiger charge is -2.39. The molecule has 0 aliphatic carbocycles. The van der Waals surface area contributed by atoms with Crippen molar-refractivity contribution in [3.63, 3.8) is 0 Å². The first kappa shape index (κ1) is 13.8. The third-order valence-electron chi connectivity index (χ3n) is 3.93. The van der Waals surface area contributed by atoms with Crippen molar-refractivity contribution in [3.05, 3.63) is 20.8 Å². The average molecular weight is 267 g/mol. The van der Waals surface area contributed by atoms with Crippen molar-refractivity contribution in [2.24, 2.45) is 25.7 Å². The van der Waals surface area contributed by atoms with E-state index < -0.39 is 5.69 Å². The van der Waals surface area contributed by atoms with Gasteiger partial charge in [0.05, 0.1) is 0 Å². The van der Waals surface area contributed by atoms with Crippen molar-refractivity contribution in [1.82, 2.24) is 14.3 Å². The predicted octanol–water partition coefficient (Wildman–Crippen LogP) is -0.957. The van der Waals surface area contributed by atoms with Crippen LogP contribution in [0.1, 0.15) is 19.8 Å². The molecule has 1 aliphatic heterocycles. The number of nitrogens with two attached hydrogens (primary N) is 1. The lowest BCUT2D eigenvalue weighted by atomic mass is 9.91. The van der Waals surface area contributed by atoms with Gasteiger partial charge in [0.15, 0.2) is 0 Å². The van der Waals surface area contributed by atoms with E-state index in [1.807, 2.05) is 4.90 Å². The fourth-order valence-electron chi connectivity index (χ4n) is 2.73. The third-order valence-corrected chi connectivity index (χ3v) is 3.93. The molecule has 106 valence electrons. The Morgan fingerprint density at radius 1 is 1.37 bits per heavy atom. The summed E-state index contributed by atoms with van der Waals surface area (Å²) in [6.07, 6.45) is 2.11. The molecule has 7 nitrogen and oxygen atoms in total. The van der Waals surface area contributed by atoms with E-state index in [0.717, 1.165) is 24.0 Å². The molecule has 2 heterocycles. The highest BCUT2D eigenvalue weighted by Crippen LogP contribution is 2.24. The van der Waals surface area contributed by atoms with Gasteiger partial charge in [0, 0.05) is 33.2 Å². The summed E-state index contributed by atoms with van der Waals surface area (Å²) in [7, 11) is 3.02. The highest BCUT2D eigenvalue weighted by atomic mass is 16.2. The zero-order valence-electron chi connectivity index (χ0n) is 11.7. The smallest absolute Gasteiger partial charge is 0.346 e. The van der Waals surface area contributed by atoms with Gasteiger partial charge in [0.25, 0.3) is 5.56 Å². The average Bonchev–Trinajstić information content (AvgIpc) is 2.40. The van der Waals surface area contributed by atoms with Gasteiger partial charge in [-0.05, 0) is 18.8 Å². The van der Waals surface area contributed by atoms with E-state index in [0.29, 0.717) is 18.3 Å². The molecule has 2 rings (SSSR count). The van der Waals surface area contributed by atoms with Crippen molar-refractivity contribution < 1.29 is 0 Å². The molecule has 2 unspecified atom stereocenters. The van der Waals surface area contributed by atoms with Crippen LogP contribution in [0, 0.1) is 5.92 Å². The van der Waals surface area contributed by atoms with Gasteiger partial charge >= 0.3 is 5.69 Å². The van der Waals surface area contributed by atoms with Gasteiger partial charge in [-0.3, -0.25) is 9.36 Å². The Bertz CT molecular complexity index is 576. The van der Waals surface area contributed by atoms with Gasteiger partial charge in [-0.15, -0.1) is 5.10 Å². The first-order chi connectivity index (χ1) is 8.97. The number of rotatable bonds is 2. The van der Waals surface area contributed by atoms with E-state index in [4.69, 9.17) is 5.73 Å². The summed E-state index contributed by atoms with van der Waals surface area (Å²) in [4.78, 5) is 25.8. The molecule has 19 heavy (non-hydrogen) atoms. The summed E-state index contributed by atoms with van der Waals surface area (Å²) in [6, 6.07) is 0.103. The van der Waals surface area contributed by atoms with Gasteiger partial charge < -0.3 is 10.6 Å². The van der Waals surface area contributed by atoms with Gasteiger partial charge in [0.2, 0.25) is 5.82 Å². The topological polar surface area (TPSA) is 86.2 Å². The molecule has 0 saturated carbocycles. The van der Waals surface area contributed by atoms with Gasteiger partial charge in [-0.25, -0.2) is 9.48 Å². The third kappa shape index (κ3) is 2.30. The molecule has 1 aromatic heterocycles. The quantitative estimate of drug-likeness (QED) is 0.746. The minimum Gasteiger partial charge on any atom is -0.346 e. The Hall–Kier alpha value is -1.63. The van der Waals surface area contributed by atoms with Crippen LogP contribution in [0.5, 0.6) is 0 Å². The monoisotopic (exact) mass is 267 g/mol. The molecule has 2 atom stereocenters. The Kier molecular flexibility index (Phi) is 3.75. The second-order valence-electron chi connectivity index (χ2n) is 5.21. The van der Waals surface area contributed by atoms with Crippen LogP contribution < -0.4 is 21.9 Å². The molecule has 7 heteroatoms. The number of hydrogen-bond acceptors (Lipinski definition) is 5. The van der Waals surface area contributed by atoms with Crippen LogP contribution in [-0.2, 0) is 14.1 Å². The number of nitrogens with zero attached hydrogens (tertiary/aromatic N) is 4. The summed E-state index contributed by atoms with van der Waals surface area (Å²) >= 11 is 0. The van der Waals surface area contributed by atoms with Gasteiger partial charge in [0.1, 0.15) is 0 Å². The molecule has 1 aliphatic rings. The van der Waals surface area contributed by atoms with Crippen LogP contribution in [0.3, 0.4) is 0 Å². The van der Waals surface area contributed by atoms with E-state index >= 15 is 0 Å². The fourth-order valence-corrected chi connectivity index (χ4v) is 2.73. The molecule has 0 aromatic carbocycles. The summed E-state index contributed by atoms with van der Waals surface area (Å²) in [5, 5.41) is 4.13. The summed E-state index contributed by atoms with van der Waals surface area (Å²) in [5.41, 5.74) is 5.07. The standard InChI is InChI=1S/C12H21N5O2/c1-8-5-4-6-17(9(8)7-13)10-11(18)15(2)12(19)16(3)14-10/h8-9H,4-7,13H2,1-3H3. The lowest BCUT2D eigenvalue weighted by Crippen LogP contribution is -2.53. The van der Waals surface area contributed by atoms with Crippen molar-refractivity contribution in [1.29, 1.82) is 0 Å². The highest BCUT2D eigenvalue weighted by molar-refractivity contribution is 5.37. The molecular formula is C12H21N5O2. The van der Waals surface area contributed by atoms with Crippen molar-refractivity contribution in [2.75, 3.05) is 18.0 Å². The van der Waals surface area contributed by atoms with Crippen LogP contribution >= 0.6 is 0 Å². The second-order valence-corrected chi connectivity index (χ2v) is 5.21. The molecule has 1 saturated heterocycles. The number of aromatic nitrogens is 3. The zero-order valence-corrected chi connectivity index (χ0v) is 11.7. The molecule has 2 N–H and O–H groups in total. The number of hydrogen-bond donors (Lipinski definition) is 1. The normalized spacial score (nSPS) is 23.7. The maximum absolute atomic E-state index is 12.2. The number of piperidine rings is 1. The Morgan fingerprint density at radius 2 is 2.05 bits per heavy atom. The second kappa shape index (κ2) is 5.16. The summed E-state index contributed by atoms with van der Waals surface area (Å²) in [5.74, 6) is 0.745. The molecular weight excluding hydrogens is 246 g/mol. The maximum Gasteiger partial charge on any atom is 0.346 e. The van der Waals surface area contributed by atoms with Gasteiger partial charge in [-0.2, -0.15) is 0 Å². The molecule has 0 radical (unpaired) electrons. The zero-order chi connectivity index (χ0) is 14.2. The van der Waals surface area contributed by atoms with Gasteiger partial charge in [-0.1, -0.05) is 6.92 Å². The van der Waals surface area contributed by atoms with E-state index in [1.165, 1.54) is 11.7 Å². The van der Waals surface area contributed by atoms with Crippen LogP contribution in [0.4, 0.5) is 5.82 Å². The molecule has 1 fully saturated rings. The van der Waals surface area contributed by atoms with Crippen molar-refractivity contribution in [2.45, 2.75) is 25.8 Å². The minimum absolute atomic E-state index is 0.103. The lowest BCUT2D eigenvalue weighted by molar-refractivity contribution is 0.344. The molecule has 0 bridgehead atoms. The summed E-state index contributed by atoms with van der Waals surface area (Å²) in [6.45, 7) is 3.37. The molecule has 1 aromatic rings. The Balaban J connectivity index is 2.52.